The van der Waals surface area contributed by atoms with Crippen molar-refractivity contribution in [2.75, 3.05) is 76.9 Å². The van der Waals surface area contributed by atoms with E-state index in [1.807, 2.05) is 109 Å². The number of amides is 3. The van der Waals surface area contributed by atoms with Gasteiger partial charge in [-0.3, -0.25) is 24.4 Å². The van der Waals surface area contributed by atoms with Crippen LogP contribution in [-0.2, 0) is 4.74 Å². The summed E-state index contributed by atoms with van der Waals surface area (Å²) in [4.78, 5) is 86.7. The van der Waals surface area contributed by atoms with Crippen molar-refractivity contribution < 1.29 is 42.8 Å². The Labute approximate surface area is 594 Å². The highest BCUT2D eigenvalue weighted by Crippen LogP contribution is 2.41. The Bertz CT molecular complexity index is 4990. The minimum atomic E-state index is -0.202. The number of aromatic nitrogens is 12. The van der Waals surface area contributed by atoms with Crippen molar-refractivity contribution in [3.63, 3.8) is 0 Å². The number of H-pyrrole nitrogens is 3. The van der Waals surface area contributed by atoms with Crippen molar-refractivity contribution in [1.29, 1.82) is 0 Å². The molecular formula is C75H83N19O9. The molecule has 532 valence electrons. The predicted molar refractivity (Wildman–Crippen MR) is 398 cm³/mol. The number of carbonyl (C=O) groups is 3. The molecule has 103 heavy (non-hydrogen) atoms. The summed E-state index contributed by atoms with van der Waals surface area (Å²) >= 11 is 0. The Kier molecular flexibility index (Phi) is 22.8. The summed E-state index contributed by atoms with van der Waals surface area (Å²) in [6, 6.07) is 27.5. The molecule has 0 spiro atoms. The zero-order valence-electron chi connectivity index (χ0n) is 59.5. The van der Waals surface area contributed by atoms with Crippen LogP contribution >= 0.6 is 0 Å². The van der Waals surface area contributed by atoms with Crippen LogP contribution in [0.4, 0.5) is 40.7 Å². The zero-order valence-corrected chi connectivity index (χ0v) is 59.5. The Morgan fingerprint density at radius 3 is 1.38 bits per heavy atom. The van der Waals surface area contributed by atoms with Gasteiger partial charge in [-0.25, -0.2) is 4.98 Å². The van der Waals surface area contributed by atoms with Crippen LogP contribution in [0.5, 0.6) is 29.1 Å². The molecule has 1 saturated heterocycles. The molecule has 3 aromatic carbocycles. The van der Waals surface area contributed by atoms with Gasteiger partial charge in [-0.1, -0.05) is 13.8 Å². The number of benzene rings is 3. The van der Waals surface area contributed by atoms with E-state index in [4.69, 9.17) is 38.4 Å². The molecule has 0 atom stereocenters. The molecular weight excluding hydrogens is 1310 g/mol. The van der Waals surface area contributed by atoms with Gasteiger partial charge < -0.3 is 80.6 Å². The van der Waals surface area contributed by atoms with Crippen molar-refractivity contribution in [2.45, 2.75) is 85.5 Å². The number of aromatic amines is 3. The maximum Gasteiger partial charge on any atom is 0.251 e. The van der Waals surface area contributed by atoms with Crippen LogP contribution in [-0.4, -0.2) is 151 Å². The van der Waals surface area contributed by atoms with E-state index in [0.29, 0.717) is 105 Å². The van der Waals surface area contributed by atoms with Crippen molar-refractivity contribution in [3.05, 3.63) is 162 Å². The predicted octanol–water partition coefficient (Wildman–Crippen LogP) is 13.0. The summed E-state index contributed by atoms with van der Waals surface area (Å²) in [5, 5.41) is 23.1. The lowest BCUT2D eigenvalue weighted by Crippen LogP contribution is -2.26. The fourth-order valence-corrected chi connectivity index (χ4v) is 11.4. The number of ether oxygens (including phenoxy) is 6. The lowest BCUT2D eigenvalue weighted by atomic mass is 9.98. The first-order valence-corrected chi connectivity index (χ1v) is 33.6. The molecule has 0 bridgehead atoms. The lowest BCUT2D eigenvalue weighted by Gasteiger charge is -2.23. The van der Waals surface area contributed by atoms with Crippen LogP contribution in [0.3, 0.4) is 0 Å². The summed E-state index contributed by atoms with van der Waals surface area (Å²) in [7, 11) is 9.69. The second kappa shape index (κ2) is 32.7. The fourth-order valence-electron chi connectivity index (χ4n) is 11.4. The van der Waals surface area contributed by atoms with Crippen molar-refractivity contribution in [2.24, 2.45) is 0 Å². The number of hydrogen-bond acceptors (Lipinski definition) is 22. The van der Waals surface area contributed by atoms with Gasteiger partial charge >= 0.3 is 0 Å². The molecule has 1 fully saturated rings. The van der Waals surface area contributed by atoms with Crippen LogP contribution in [0.15, 0.2) is 134 Å². The summed E-state index contributed by atoms with van der Waals surface area (Å²) in [5.74, 6) is 3.91. The second-order valence-corrected chi connectivity index (χ2v) is 24.6. The molecule has 3 amide bonds. The number of rotatable bonds is 22. The highest BCUT2D eigenvalue weighted by atomic mass is 16.5. The molecule has 9 aromatic heterocycles. The number of aryl methyl sites for hydroxylation is 1. The molecule has 1 aliphatic rings. The van der Waals surface area contributed by atoms with Gasteiger partial charge in [0.25, 0.3) is 17.7 Å². The average molecular weight is 1390 g/mol. The number of nitrogens with zero attached hydrogens (tertiary/aromatic N) is 9. The third-order valence-corrected chi connectivity index (χ3v) is 16.4. The molecule has 12 aromatic rings. The number of pyridine rings is 3. The summed E-state index contributed by atoms with van der Waals surface area (Å²) in [6.45, 7) is 15.3. The molecule has 13 rings (SSSR count). The first-order chi connectivity index (χ1) is 49.8. The van der Waals surface area contributed by atoms with Gasteiger partial charge in [0.15, 0.2) is 0 Å². The monoisotopic (exact) mass is 1390 g/mol. The molecule has 1 aliphatic heterocycles. The van der Waals surface area contributed by atoms with Crippen LogP contribution in [0.2, 0.25) is 0 Å². The topological polar surface area (TPSA) is 354 Å². The van der Waals surface area contributed by atoms with Gasteiger partial charge in [0, 0.05) is 129 Å². The second-order valence-electron chi connectivity index (χ2n) is 24.6. The summed E-state index contributed by atoms with van der Waals surface area (Å²) in [6.07, 6.45) is 14.2. The Morgan fingerprint density at radius 1 is 0.495 bits per heavy atom. The third-order valence-electron chi connectivity index (χ3n) is 16.4. The summed E-state index contributed by atoms with van der Waals surface area (Å²) < 4.78 is 35.0. The van der Waals surface area contributed by atoms with Crippen LogP contribution < -0.4 is 60.9 Å². The van der Waals surface area contributed by atoms with E-state index < -0.39 is 0 Å². The van der Waals surface area contributed by atoms with Gasteiger partial charge in [-0.2, -0.15) is 29.9 Å². The molecule has 0 aliphatic carbocycles. The molecule has 10 heterocycles. The quantitative estimate of drug-likeness (QED) is 0.0301. The molecule has 0 unspecified atom stereocenters. The number of carbonyl (C=O) groups excluding carboxylic acids is 3. The number of methoxy groups -OCH3 is 2. The number of nitrogens with one attached hydrogen (secondary N) is 10. The van der Waals surface area contributed by atoms with E-state index in [1.165, 1.54) is 7.11 Å². The highest BCUT2D eigenvalue weighted by Gasteiger charge is 2.25. The van der Waals surface area contributed by atoms with E-state index >= 15 is 0 Å². The Balaban J connectivity index is 0.000000155. The SMILES string of the molecule is CNC(=O)c1ccc(Nc2nc(OC(C)C)c3c(-c4ccnc(C)c4)c[nH]c3n2)c(OC)c1.CNC(=O)c1ccc(Nc2nc(OC(C)C)c3c(-c4ccnc(NC)c4)c[nH]c3n2)c(OC)c1.CNC(=O)c1ccc(Nc2nc(OC3CCOCC3)c3c(-c4ccncc4)c[nH]c3n2)c(C(C)C)c1. The Morgan fingerprint density at radius 2 is 0.922 bits per heavy atom. The van der Waals surface area contributed by atoms with Gasteiger partial charge in [0.1, 0.15) is 40.4 Å². The van der Waals surface area contributed by atoms with E-state index in [-0.39, 0.29) is 42.0 Å². The van der Waals surface area contributed by atoms with Crippen molar-refractivity contribution in [1.82, 2.24) is 75.8 Å². The molecule has 0 radical (unpaired) electrons. The lowest BCUT2D eigenvalue weighted by molar-refractivity contribution is 0.0244. The largest absolute Gasteiger partial charge is 0.495 e. The van der Waals surface area contributed by atoms with Gasteiger partial charge in [0.05, 0.1) is 67.2 Å². The molecule has 10 N–H and O–H groups in total. The molecule has 28 heteroatoms. The van der Waals surface area contributed by atoms with Gasteiger partial charge in [-0.05, 0) is 154 Å². The van der Waals surface area contributed by atoms with Crippen LogP contribution in [0.1, 0.15) is 103 Å². The number of hydrogen-bond donors (Lipinski definition) is 10. The first kappa shape index (κ1) is 71.8. The maximum atomic E-state index is 12.2. The Hall–Kier alpha value is -12.5. The van der Waals surface area contributed by atoms with E-state index in [9.17, 15) is 14.4 Å². The van der Waals surface area contributed by atoms with E-state index in [2.05, 4.69) is 101 Å². The zero-order chi connectivity index (χ0) is 72.8. The molecule has 0 saturated carbocycles. The minimum absolute atomic E-state index is 0.0166. The van der Waals surface area contributed by atoms with Crippen LogP contribution in [0, 0.1) is 6.92 Å². The highest BCUT2D eigenvalue weighted by molar-refractivity contribution is 6.01. The number of anilines is 7. The average Bonchev–Trinajstić information content (AvgIpc) is 1.67. The fraction of sp³-hybridized carbons (Fsp3) is 0.280. The smallest absolute Gasteiger partial charge is 0.251 e. The third kappa shape index (κ3) is 16.9. The minimum Gasteiger partial charge on any atom is -0.495 e. The first-order valence-electron chi connectivity index (χ1n) is 33.6. The standard InChI is InChI=1S/C27H30N6O3.C24H27N7O3.C24H26N6O3/c1-16(2)20-14-18(25(34)28-3)4-5-22(20)31-27-32-24-23(21(15-30-24)17-6-10-29-11-7-17)26(33-27)36-19-8-12-35-13-9-19;1-13(2)34-23-20-16(14-8-9-27-19(11-14)25-3)12-28-21(20)30-24(31-23)29-17-7-6-15(22(32)26-4)10-18(17)33-5;1-13(2)33-23-20-17(15-8-9-26-14(3)10-15)12-27-21(20)29-24(30-23)28-18-7-6-16(22(31)25-4)11-19(18)32-5/h4-7,10-11,14-16,19H,8-9,12-13H2,1-3H3,(H,28,34)(H2,30,31,32,33);6-13H,1-5H3,(H,25,27)(H,26,32)(H2,28,29,30,31);6-13H,1-5H3,(H,25,31)(H2,27,28,29,30). The van der Waals surface area contributed by atoms with Crippen molar-refractivity contribution in [3.8, 4) is 62.5 Å². The normalized spacial score (nSPS) is 12.1. The summed E-state index contributed by atoms with van der Waals surface area (Å²) in [5.41, 5.74) is 13.3. The van der Waals surface area contributed by atoms with E-state index in [1.54, 1.807) is 95.5 Å². The number of fused-ring (bicyclic) bond motifs is 3. The van der Waals surface area contributed by atoms with E-state index in [0.717, 1.165) is 85.1 Å². The van der Waals surface area contributed by atoms with Crippen molar-refractivity contribution >= 4 is 91.5 Å². The van der Waals surface area contributed by atoms with Gasteiger partial charge in [-0.15, -0.1) is 0 Å². The molecule has 28 nitrogen and oxygen atoms in total. The van der Waals surface area contributed by atoms with Crippen LogP contribution in [0.25, 0.3) is 66.5 Å². The van der Waals surface area contributed by atoms with Gasteiger partial charge in [0.2, 0.25) is 35.5 Å². The maximum absolute atomic E-state index is 12.2.